The van der Waals surface area contributed by atoms with Crippen molar-refractivity contribution in [3.05, 3.63) is 100 Å². The van der Waals surface area contributed by atoms with E-state index in [0.29, 0.717) is 44.1 Å². The van der Waals surface area contributed by atoms with Crippen LogP contribution in [-0.2, 0) is 11.3 Å². The number of ketones is 1. The Bertz CT molecular complexity index is 1910. The topological polar surface area (TPSA) is 97.1 Å². The number of carbonyl (C=O) groups is 2. The van der Waals surface area contributed by atoms with Gasteiger partial charge in [0.1, 0.15) is 11.3 Å². The van der Waals surface area contributed by atoms with Gasteiger partial charge in [0.25, 0.3) is 0 Å². The van der Waals surface area contributed by atoms with Crippen molar-refractivity contribution in [1.82, 2.24) is 10.1 Å². The van der Waals surface area contributed by atoms with Gasteiger partial charge in [0.15, 0.2) is 11.5 Å². The third-order valence-corrected chi connectivity index (χ3v) is 8.55. The lowest BCUT2D eigenvalue weighted by atomic mass is 9.86. The van der Waals surface area contributed by atoms with Crippen molar-refractivity contribution in [3.63, 3.8) is 0 Å². The Morgan fingerprint density at radius 2 is 1.73 bits per heavy atom. The van der Waals surface area contributed by atoms with Crippen molar-refractivity contribution < 1.29 is 23.6 Å². The molecule has 222 valence electrons. The zero-order valence-corrected chi connectivity index (χ0v) is 25.0. The molecule has 10 heteroatoms. The van der Waals surface area contributed by atoms with Gasteiger partial charge < -0.3 is 24.2 Å². The standard InChI is InChI=1S/C34H29ClN4O5/c1-42-28-12-9-22(35)17-21(28)19-38-13-15-39(16-14-38)27-18-26(36-23-10-7-20(8-11-23)34(41)43-2)29-30-31(27)37-44-33(30)25-6-4-3-5-24(25)32(29)40/h3-12,17-18,36H,13-16,19H2,1-2H3. The van der Waals surface area contributed by atoms with E-state index in [9.17, 15) is 9.59 Å². The fraction of sp³-hybridized carbons (Fsp3) is 0.206. The number of piperazine rings is 1. The minimum absolute atomic E-state index is 0.0955. The first-order valence-corrected chi connectivity index (χ1v) is 14.7. The first-order valence-electron chi connectivity index (χ1n) is 14.3. The number of nitrogens with zero attached hydrogens (tertiary/aromatic N) is 3. The summed E-state index contributed by atoms with van der Waals surface area (Å²) in [6.45, 7) is 3.83. The number of esters is 1. The normalized spacial score (nSPS) is 14.4. The van der Waals surface area contributed by atoms with Gasteiger partial charge in [-0.25, -0.2) is 4.79 Å². The number of fused-ring (bicyclic) bond motifs is 2. The van der Waals surface area contributed by atoms with Crippen LogP contribution in [0.2, 0.25) is 5.02 Å². The van der Waals surface area contributed by atoms with E-state index in [1.807, 2.05) is 48.5 Å². The van der Waals surface area contributed by atoms with Gasteiger partial charge in [0.2, 0.25) is 0 Å². The van der Waals surface area contributed by atoms with Gasteiger partial charge in [-0.05, 0) is 48.5 Å². The summed E-state index contributed by atoms with van der Waals surface area (Å²) >= 11 is 6.28. The van der Waals surface area contributed by atoms with Crippen LogP contribution in [0.15, 0.2) is 77.3 Å². The molecule has 1 saturated heterocycles. The van der Waals surface area contributed by atoms with Crippen LogP contribution in [0.1, 0.15) is 31.8 Å². The molecule has 44 heavy (non-hydrogen) atoms. The molecule has 0 spiro atoms. The Morgan fingerprint density at radius 3 is 2.45 bits per heavy atom. The van der Waals surface area contributed by atoms with Gasteiger partial charge >= 0.3 is 5.97 Å². The number of hydrogen-bond donors (Lipinski definition) is 1. The van der Waals surface area contributed by atoms with Gasteiger partial charge in [-0.3, -0.25) is 9.69 Å². The van der Waals surface area contributed by atoms with Crippen LogP contribution in [-0.4, -0.2) is 62.2 Å². The molecule has 4 aromatic carbocycles. The maximum atomic E-state index is 14.0. The molecule has 0 radical (unpaired) electrons. The summed E-state index contributed by atoms with van der Waals surface area (Å²) in [5.41, 5.74) is 6.23. The van der Waals surface area contributed by atoms with E-state index in [1.165, 1.54) is 7.11 Å². The van der Waals surface area contributed by atoms with Crippen molar-refractivity contribution in [2.24, 2.45) is 0 Å². The van der Waals surface area contributed by atoms with Crippen molar-refractivity contribution >= 4 is 51.3 Å². The fourth-order valence-electron chi connectivity index (χ4n) is 6.10. The smallest absolute Gasteiger partial charge is 0.337 e. The first-order chi connectivity index (χ1) is 21.4. The Balaban J connectivity index is 1.24. The number of anilines is 3. The molecule has 2 heterocycles. The van der Waals surface area contributed by atoms with Gasteiger partial charge in [-0.2, -0.15) is 0 Å². The summed E-state index contributed by atoms with van der Waals surface area (Å²) in [6.07, 6.45) is 0. The Hall–Kier alpha value is -4.86. The number of nitrogens with one attached hydrogen (secondary N) is 1. The summed E-state index contributed by atoms with van der Waals surface area (Å²) in [5, 5.41) is 9.34. The number of carbonyl (C=O) groups excluding carboxylic acids is 2. The molecule has 0 atom stereocenters. The van der Waals surface area contributed by atoms with Crippen LogP contribution >= 0.6 is 11.6 Å². The van der Waals surface area contributed by atoms with Crippen LogP contribution in [0.4, 0.5) is 17.1 Å². The van der Waals surface area contributed by atoms with E-state index in [-0.39, 0.29) is 5.78 Å². The molecule has 0 amide bonds. The minimum Gasteiger partial charge on any atom is -0.496 e. The highest BCUT2D eigenvalue weighted by Gasteiger charge is 2.34. The second-order valence-electron chi connectivity index (χ2n) is 10.8. The van der Waals surface area contributed by atoms with Crippen LogP contribution < -0.4 is 15.0 Å². The number of hydrogen-bond acceptors (Lipinski definition) is 9. The predicted molar refractivity (Wildman–Crippen MR) is 169 cm³/mol. The first kappa shape index (κ1) is 27.9. The van der Waals surface area contributed by atoms with Crippen molar-refractivity contribution in [1.29, 1.82) is 0 Å². The van der Waals surface area contributed by atoms with E-state index < -0.39 is 5.97 Å². The largest absolute Gasteiger partial charge is 0.496 e. The second-order valence-corrected chi connectivity index (χ2v) is 11.3. The van der Waals surface area contributed by atoms with Gasteiger partial charge in [-0.1, -0.05) is 41.0 Å². The predicted octanol–water partition coefficient (Wildman–Crippen LogP) is 6.55. The molecular formula is C34H29ClN4O5. The van der Waals surface area contributed by atoms with Crippen LogP contribution in [0.5, 0.6) is 5.75 Å². The number of methoxy groups -OCH3 is 2. The number of rotatable bonds is 7. The van der Waals surface area contributed by atoms with Crippen molar-refractivity contribution in [2.75, 3.05) is 50.6 Å². The van der Waals surface area contributed by atoms with E-state index in [0.717, 1.165) is 61.0 Å². The summed E-state index contributed by atoms with van der Waals surface area (Å²) in [4.78, 5) is 30.6. The fourth-order valence-corrected chi connectivity index (χ4v) is 6.30. The average molecular weight is 609 g/mol. The molecule has 9 nitrogen and oxygen atoms in total. The van der Waals surface area contributed by atoms with Gasteiger partial charge in [0, 0.05) is 60.1 Å². The quantitative estimate of drug-likeness (QED) is 0.202. The number of aromatic nitrogens is 1. The molecule has 1 aromatic heterocycles. The highest BCUT2D eigenvalue weighted by atomic mass is 35.5. The lowest BCUT2D eigenvalue weighted by molar-refractivity contribution is 0.0600. The molecule has 2 aliphatic rings. The number of ether oxygens (including phenoxy) is 2. The molecule has 1 aliphatic heterocycles. The maximum Gasteiger partial charge on any atom is 0.337 e. The molecule has 0 unspecified atom stereocenters. The molecular weight excluding hydrogens is 580 g/mol. The van der Waals surface area contributed by atoms with E-state index in [2.05, 4.69) is 20.3 Å². The third-order valence-electron chi connectivity index (χ3n) is 8.31. The summed E-state index contributed by atoms with van der Waals surface area (Å²) in [5.74, 6) is 0.896. The van der Waals surface area contributed by atoms with Crippen molar-refractivity contribution in [3.8, 4) is 17.1 Å². The van der Waals surface area contributed by atoms with Crippen LogP contribution in [0, 0.1) is 0 Å². The third kappa shape index (κ3) is 4.84. The Kier molecular flexibility index (Phi) is 7.20. The van der Waals surface area contributed by atoms with Gasteiger partial charge in [0.05, 0.1) is 42.1 Å². The molecule has 1 N–H and O–H groups in total. The maximum absolute atomic E-state index is 14.0. The second kappa shape index (κ2) is 11.3. The van der Waals surface area contributed by atoms with Gasteiger partial charge in [-0.15, -0.1) is 0 Å². The van der Waals surface area contributed by atoms with E-state index in [1.54, 1.807) is 31.4 Å². The summed E-state index contributed by atoms with van der Waals surface area (Å²) < 4.78 is 16.3. The highest BCUT2D eigenvalue weighted by molar-refractivity contribution is 6.30. The molecule has 1 fully saturated rings. The zero-order chi connectivity index (χ0) is 30.4. The molecule has 0 saturated carbocycles. The van der Waals surface area contributed by atoms with Crippen molar-refractivity contribution in [2.45, 2.75) is 6.54 Å². The molecule has 5 aromatic rings. The average Bonchev–Trinajstić information content (AvgIpc) is 3.50. The zero-order valence-electron chi connectivity index (χ0n) is 24.2. The highest BCUT2D eigenvalue weighted by Crippen LogP contribution is 2.46. The monoisotopic (exact) mass is 608 g/mol. The lowest BCUT2D eigenvalue weighted by Crippen LogP contribution is -2.46. The minimum atomic E-state index is -0.413. The number of benzene rings is 4. The summed E-state index contributed by atoms with van der Waals surface area (Å²) in [6, 6.07) is 22.1. The lowest BCUT2D eigenvalue weighted by Gasteiger charge is -2.36. The summed E-state index contributed by atoms with van der Waals surface area (Å²) in [7, 11) is 3.02. The SMILES string of the molecule is COC(=O)c1ccc(Nc2cc(N3CCN(Cc4cc(Cl)ccc4OC)CC3)c3noc4c3c2C(=O)c2ccccc2-4)cc1. The number of halogens is 1. The molecule has 1 aliphatic carbocycles. The van der Waals surface area contributed by atoms with Crippen LogP contribution in [0.25, 0.3) is 22.2 Å². The molecule has 0 bridgehead atoms. The van der Waals surface area contributed by atoms with Crippen LogP contribution in [0.3, 0.4) is 0 Å². The molecule has 7 rings (SSSR count). The Morgan fingerprint density at radius 1 is 0.977 bits per heavy atom. The van der Waals surface area contributed by atoms with E-state index >= 15 is 0 Å². The van der Waals surface area contributed by atoms with E-state index in [4.69, 9.17) is 25.6 Å². The Labute approximate surface area is 258 Å².